The third-order valence-corrected chi connectivity index (χ3v) is 2.61. The van der Waals surface area contributed by atoms with E-state index < -0.39 is 0 Å². The van der Waals surface area contributed by atoms with Gasteiger partial charge in [0.15, 0.2) is 0 Å². The highest BCUT2D eigenvalue weighted by atomic mass is 16.3. The van der Waals surface area contributed by atoms with E-state index in [1.54, 1.807) is 0 Å². The summed E-state index contributed by atoms with van der Waals surface area (Å²) in [5.41, 5.74) is 1.36. The van der Waals surface area contributed by atoms with Crippen LogP contribution in [0.4, 0.5) is 0 Å². The fourth-order valence-corrected chi connectivity index (χ4v) is 1.36. The van der Waals surface area contributed by atoms with E-state index in [-0.39, 0.29) is 0 Å². The third-order valence-electron chi connectivity index (χ3n) is 2.61. The topological polar surface area (TPSA) is 20.2 Å². The van der Waals surface area contributed by atoms with Crippen LogP contribution < -0.4 is 0 Å². The molecular weight excluding hydrogens is 148 g/mol. The van der Waals surface area contributed by atoms with Gasteiger partial charge in [-0.2, -0.15) is 0 Å². The molecule has 1 N–H and O–H groups in total. The van der Waals surface area contributed by atoms with Gasteiger partial charge in [0, 0.05) is 6.61 Å². The Labute approximate surface area is 76.5 Å². The second-order valence-corrected chi connectivity index (χ2v) is 4.12. The van der Waals surface area contributed by atoms with Crippen molar-refractivity contribution in [2.75, 3.05) is 6.61 Å². The Morgan fingerprint density at radius 3 is 2.08 bits per heavy atom. The first-order valence-electron chi connectivity index (χ1n) is 4.75. The maximum Gasteiger partial charge on any atom is 0.0459 e. The lowest BCUT2D eigenvalue weighted by Gasteiger charge is -2.22. The van der Waals surface area contributed by atoms with Crippen LogP contribution in [0.1, 0.15) is 34.6 Å². The Morgan fingerprint density at radius 1 is 1.25 bits per heavy atom. The van der Waals surface area contributed by atoms with E-state index >= 15 is 0 Å². The van der Waals surface area contributed by atoms with Crippen molar-refractivity contribution in [1.29, 1.82) is 0 Å². The maximum atomic E-state index is 8.97. The van der Waals surface area contributed by atoms with Gasteiger partial charge in [0.1, 0.15) is 0 Å². The van der Waals surface area contributed by atoms with Gasteiger partial charge < -0.3 is 5.11 Å². The number of allylic oxidation sites excluding steroid dienone is 2. The minimum Gasteiger partial charge on any atom is -0.396 e. The van der Waals surface area contributed by atoms with Crippen LogP contribution in [0, 0.1) is 17.8 Å². The van der Waals surface area contributed by atoms with Gasteiger partial charge in [0.05, 0.1) is 0 Å². The molecule has 0 unspecified atom stereocenters. The quantitative estimate of drug-likeness (QED) is 0.643. The molecule has 1 nitrogen and oxygen atoms in total. The summed E-state index contributed by atoms with van der Waals surface area (Å²) in [6, 6.07) is 0. The minimum absolute atomic E-state index is 0.294. The smallest absolute Gasteiger partial charge is 0.0459 e. The van der Waals surface area contributed by atoms with Crippen LogP contribution in [0.2, 0.25) is 0 Å². The van der Waals surface area contributed by atoms with Crippen molar-refractivity contribution in [2.45, 2.75) is 34.6 Å². The highest BCUT2D eigenvalue weighted by Crippen LogP contribution is 2.22. The molecule has 0 heterocycles. The van der Waals surface area contributed by atoms with Gasteiger partial charge in [0.25, 0.3) is 0 Å². The summed E-state index contributed by atoms with van der Waals surface area (Å²) >= 11 is 0. The number of aliphatic hydroxyl groups excluding tert-OH is 1. The molecular formula is C11H22O. The van der Waals surface area contributed by atoms with Crippen molar-refractivity contribution in [3.05, 3.63) is 11.6 Å². The molecule has 0 saturated carbocycles. The molecule has 0 aromatic carbocycles. The molecule has 0 aromatic rings. The highest BCUT2D eigenvalue weighted by molar-refractivity contribution is 4.97. The van der Waals surface area contributed by atoms with Crippen molar-refractivity contribution < 1.29 is 5.11 Å². The SMILES string of the molecule is CC(C)=C[C@@H](C)[C@H](C)[C@H](C)CO. The molecule has 0 aliphatic carbocycles. The largest absolute Gasteiger partial charge is 0.396 e. The van der Waals surface area contributed by atoms with Crippen molar-refractivity contribution in [1.82, 2.24) is 0 Å². The minimum atomic E-state index is 0.294. The lowest BCUT2D eigenvalue weighted by Crippen LogP contribution is -2.18. The van der Waals surface area contributed by atoms with E-state index in [9.17, 15) is 0 Å². The molecule has 3 atom stereocenters. The Hall–Kier alpha value is -0.300. The number of hydrogen-bond donors (Lipinski definition) is 1. The Kier molecular flexibility index (Phi) is 5.23. The van der Waals surface area contributed by atoms with Crippen LogP contribution in [0.5, 0.6) is 0 Å². The zero-order chi connectivity index (χ0) is 9.72. The average Bonchev–Trinajstić information content (AvgIpc) is 2.00. The van der Waals surface area contributed by atoms with Gasteiger partial charge in [0.2, 0.25) is 0 Å². The average molecular weight is 170 g/mol. The first-order valence-corrected chi connectivity index (χ1v) is 4.75. The summed E-state index contributed by atoms with van der Waals surface area (Å²) in [5, 5.41) is 8.97. The van der Waals surface area contributed by atoms with Crippen molar-refractivity contribution in [3.63, 3.8) is 0 Å². The monoisotopic (exact) mass is 170 g/mol. The fraction of sp³-hybridized carbons (Fsp3) is 0.818. The fourth-order valence-electron chi connectivity index (χ4n) is 1.36. The second-order valence-electron chi connectivity index (χ2n) is 4.12. The van der Waals surface area contributed by atoms with Crippen LogP contribution in [0.25, 0.3) is 0 Å². The normalized spacial score (nSPS) is 18.2. The van der Waals surface area contributed by atoms with Gasteiger partial charge in [-0.05, 0) is 31.6 Å². The molecule has 12 heavy (non-hydrogen) atoms. The van der Waals surface area contributed by atoms with Gasteiger partial charge in [-0.1, -0.05) is 32.4 Å². The molecule has 0 saturated heterocycles. The molecule has 0 rings (SSSR count). The van der Waals surface area contributed by atoms with Crippen LogP contribution in [0.15, 0.2) is 11.6 Å². The van der Waals surface area contributed by atoms with E-state index in [1.165, 1.54) is 5.57 Å². The van der Waals surface area contributed by atoms with E-state index in [4.69, 9.17) is 5.11 Å². The summed E-state index contributed by atoms with van der Waals surface area (Å²) in [5.74, 6) is 1.53. The van der Waals surface area contributed by atoms with Crippen LogP contribution >= 0.6 is 0 Å². The molecule has 1 heteroatoms. The van der Waals surface area contributed by atoms with E-state index in [2.05, 4.69) is 40.7 Å². The number of hydrogen-bond acceptors (Lipinski definition) is 1. The van der Waals surface area contributed by atoms with Gasteiger partial charge in [-0.15, -0.1) is 0 Å². The summed E-state index contributed by atoms with van der Waals surface area (Å²) in [4.78, 5) is 0. The number of aliphatic hydroxyl groups is 1. The summed E-state index contributed by atoms with van der Waals surface area (Å²) < 4.78 is 0. The van der Waals surface area contributed by atoms with Gasteiger partial charge in [-0.25, -0.2) is 0 Å². The second kappa shape index (κ2) is 5.36. The molecule has 0 aromatic heterocycles. The first-order chi connectivity index (χ1) is 5.49. The van der Waals surface area contributed by atoms with Crippen LogP contribution in [-0.2, 0) is 0 Å². The first kappa shape index (κ1) is 11.7. The summed E-state index contributed by atoms with van der Waals surface area (Å²) in [6.45, 7) is 11.0. The van der Waals surface area contributed by atoms with Crippen LogP contribution in [-0.4, -0.2) is 11.7 Å². The molecule has 0 fully saturated rings. The maximum absolute atomic E-state index is 8.97. The Bertz CT molecular complexity index is 145. The predicted molar refractivity (Wildman–Crippen MR) is 54.0 cm³/mol. The molecule has 0 amide bonds. The molecule has 0 aliphatic heterocycles. The third kappa shape index (κ3) is 3.91. The Morgan fingerprint density at radius 2 is 1.75 bits per heavy atom. The van der Waals surface area contributed by atoms with Gasteiger partial charge >= 0.3 is 0 Å². The van der Waals surface area contributed by atoms with Crippen molar-refractivity contribution in [2.24, 2.45) is 17.8 Å². The van der Waals surface area contributed by atoms with Gasteiger partial charge in [-0.3, -0.25) is 0 Å². The highest BCUT2D eigenvalue weighted by Gasteiger charge is 2.16. The summed E-state index contributed by atoms with van der Waals surface area (Å²) in [7, 11) is 0. The zero-order valence-corrected chi connectivity index (χ0v) is 8.96. The van der Waals surface area contributed by atoms with Crippen molar-refractivity contribution >= 4 is 0 Å². The molecule has 0 radical (unpaired) electrons. The summed E-state index contributed by atoms with van der Waals surface area (Å²) in [6.07, 6.45) is 2.27. The van der Waals surface area contributed by atoms with Crippen molar-refractivity contribution in [3.8, 4) is 0 Å². The predicted octanol–water partition coefficient (Wildman–Crippen LogP) is 2.85. The number of rotatable bonds is 4. The van der Waals surface area contributed by atoms with E-state index in [0.717, 1.165) is 0 Å². The standard InChI is InChI=1S/C11H22O/c1-8(2)6-9(3)11(5)10(4)7-12/h6,9-12H,7H2,1-5H3/t9-,10-,11+/m1/s1. The van der Waals surface area contributed by atoms with E-state index in [1.807, 2.05) is 0 Å². The zero-order valence-electron chi connectivity index (χ0n) is 8.96. The Balaban J connectivity index is 4.09. The van der Waals surface area contributed by atoms with E-state index in [0.29, 0.717) is 24.4 Å². The molecule has 72 valence electrons. The lowest BCUT2D eigenvalue weighted by molar-refractivity contribution is 0.177. The molecule has 0 spiro atoms. The molecule has 0 aliphatic rings. The lowest BCUT2D eigenvalue weighted by atomic mass is 9.84. The molecule has 0 bridgehead atoms. The van der Waals surface area contributed by atoms with Crippen LogP contribution in [0.3, 0.4) is 0 Å².